The molecule has 0 atom stereocenters. The third-order valence-corrected chi connectivity index (χ3v) is 3.76. The summed E-state index contributed by atoms with van der Waals surface area (Å²) in [5, 5.41) is 0. The maximum atomic E-state index is 5.85. The Balaban J connectivity index is 2.23. The van der Waals surface area contributed by atoms with Crippen LogP contribution in [0, 0.1) is 0 Å². The number of ether oxygens (including phenoxy) is 3. The van der Waals surface area contributed by atoms with Gasteiger partial charge in [0, 0.05) is 12.1 Å². The van der Waals surface area contributed by atoms with Crippen molar-refractivity contribution in [1.29, 1.82) is 0 Å². The topological polar surface area (TPSA) is 40.6 Å². The van der Waals surface area contributed by atoms with E-state index in [1.54, 1.807) is 20.4 Å². The highest BCUT2D eigenvalue weighted by Gasteiger charge is 2.13. The van der Waals surface area contributed by atoms with Gasteiger partial charge in [-0.05, 0) is 45.8 Å². The Morgan fingerprint density at radius 2 is 2.05 bits per heavy atom. The van der Waals surface area contributed by atoms with E-state index in [1.165, 1.54) is 0 Å². The predicted molar refractivity (Wildman–Crippen MR) is 85.4 cm³/mol. The van der Waals surface area contributed by atoms with Gasteiger partial charge in [-0.25, -0.2) is 4.98 Å². The molecule has 4 nitrogen and oxygen atoms in total. The number of hydrogen-bond donors (Lipinski definition) is 0. The van der Waals surface area contributed by atoms with Gasteiger partial charge in [0.1, 0.15) is 6.61 Å². The van der Waals surface area contributed by atoms with Crippen LogP contribution in [0.5, 0.6) is 17.4 Å². The highest BCUT2D eigenvalue weighted by atomic mass is 79.9. The zero-order valence-electron chi connectivity index (χ0n) is 11.7. The predicted octanol–water partition coefficient (Wildman–Crippen LogP) is 4.18. The van der Waals surface area contributed by atoms with Crippen LogP contribution in [0.3, 0.4) is 0 Å². The van der Waals surface area contributed by atoms with E-state index in [0.717, 1.165) is 15.6 Å². The van der Waals surface area contributed by atoms with Crippen LogP contribution < -0.4 is 14.2 Å². The lowest BCUT2D eigenvalue weighted by Gasteiger charge is -2.14. The van der Waals surface area contributed by atoms with Crippen molar-refractivity contribution in [2.24, 2.45) is 0 Å². The summed E-state index contributed by atoms with van der Waals surface area (Å²) in [6, 6.07) is 7.50. The van der Waals surface area contributed by atoms with Gasteiger partial charge in [0.05, 0.1) is 24.3 Å². The van der Waals surface area contributed by atoms with E-state index < -0.39 is 0 Å². The second kappa shape index (κ2) is 7.52. The Hall–Kier alpha value is -1.46. The number of hydrogen-bond acceptors (Lipinski definition) is 4. The Bertz CT molecular complexity index is 622. The highest BCUT2D eigenvalue weighted by Crippen LogP contribution is 2.37. The molecule has 0 radical (unpaired) electrons. The molecule has 1 aromatic carbocycles. The molecule has 0 spiro atoms. The molecular weight excluding hydrogens is 358 g/mol. The Morgan fingerprint density at radius 3 is 2.71 bits per heavy atom. The molecule has 0 fully saturated rings. The average molecular weight is 373 g/mol. The number of benzene rings is 1. The average Bonchev–Trinajstić information content (AvgIpc) is 2.53. The highest BCUT2D eigenvalue weighted by molar-refractivity contribution is 9.10. The van der Waals surface area contributed by atoms with E-state index in [2.05, 4.69) is 20.9 Å². The number of rotatable bonds is 6. The van der Waals surface area contributed by atoms with Gasteiger partial charge in [0.25, 0.3) is 0 Å². The van der Waals surface area contributed by atoms with E-state index in [1.807, 2.05) is 24.3 Å². The number of alkyl halides is 1. The van der Waals surface area contributed by atoms with E-state index in [-0.39, 0.29) is 0 Å². The standard InChI is InChI=1S/C15H15BrClNO3/c1-19-13-7-10(8-17)6-12(16)14(13)21-9-11-4-3-5-18-15(11)20-2/h3-7H,8-9H2,1-2H3. The van der Waals surface area contributed by atoms with Crippen LogP contribution in [-0.2, 0) is 12.5 Å². The summed E-state index contributed by atoms with van der Waals surface area (Å²) >= 11 is 9.33. The SMILES string of the molecule is COc1cc(CCl)cc(Br)c1OCc1cccnc1OC. The first-order valence-corrected chi connectivity index (χ1v) is 7.55. The second-order valence-electron chi connectivity index (χ2n) is 4.20. The van der Waals surface area contributed by atoms with Crippen LogP contribution >= 0.6 is 27.5 Å². The van der Waals surface area contributed by atoms with E-state index in [4.69, 9.17) is 25.8 Å². The summed E-state index contributed by atoms with van der Waals surface area (Å²) in [6.45, 7) is 0.326. The van der Waals surface area contributed by atoms with Gasteiger partial charge in [-0.3, -0.25) is 0 Å². The number of nitrogens with zero attached hydrogens (tertiary/aromatic N) is 1. The molecule has 0 aliphatic carbocycles. The van der Waals surface area contributed by atoms with E-state index in [9.17, 15) is 0 Å². The third-order valence-electron chi connectivity index (χ3n) is 2.86. The lowest BCUT2D eigenvalue weighted by Crippen LogP contribution is -2.02. The first-order chi connectivity index (χ1) is 10.2. The van der Waals surface area contributed by atoms with Gasteiger partial charge in [0.15, 0.2) is 11.5 Å². The first kappa shape index (κ1) is 15.9. The fraction of sp³-hybridized carbons (Fsp3) is 0.267. The molecule has 1 aromatic heterocycles. The minimum Gasteiger partial charge on any atom is -0.493 e. The zero-order valence-corrected chi connectivity index (χ0v) is 14.1. The summed E-state index contributed by atoms with van der Waals surface area (Å²) in [5.74, 6) is 2.20. The molecular formula is C15H15BrClNO3. The van der Waals surface area contributed by atoms with Crippen molar-refractivity contribution < 1.29 is 14.2 Å². The molecule has 112 valence electrons. The molecule has 2 rings (SSSR count). The summed E-state index contributed by atoms with van der Waals surface area (Å²) in [7, 11) is 3.18. The molecule has 0 N–H and O–H groups in total. The first-order valence-electron chi connectivity index (χ1n) is 6.22. The maximum absolute atomic E-state index is 5.85. The third kappa shape index (κ3) is 3.80. The summed E-state index contributed by atoms with van der Waals surface area (Å²) in [6.07, 6.45) is 1.67. The monoisotopic (exact) mass is 371 g/mol. The van der Waals surface area contributed by atoms with Crippen LogP contribution in [0.1, 0.15) is 11.1 Å². The van der Waals surface area contributed by atoms with Gasteiger partial charge >= 0.3 is 0 Å². The van der Waals surface area contributed by atoms with E-state index >= 15 is 0 Å². The van der Waals surface area contributed by atoms with Gasteiger partial charge in [-0.15, -0.1) is 11.6 Å². The van der Waals surface area contributed by atoms with Crippen LogP contribution in [0.4, 0.5) is 0 Å². The lowest BCUT2D eigenvalue weighted by atomic mass is 10.2. The summed E-state index contributed by atoms with van der Waals surface area (Å²) in [4.78, 5) is 4.14. The van der Waals surface area contributed by atoms with Crippen LogP contribution in [0.25, 0.3) is 0 Å². The lowest BCUT2D eigenvalue weighted by molar-refractivity contribution is 0.274. The van der Waals surface area contributed by atoms with Crippen molar-refractivity contribution in [3.63, 3.8) is 0 Å². The van der Waals surface area contributed by atoms with Gasteiger partial charge in [0.2, 0.25) is 5.88 Å². The fourth-order valence-corrected chi connectivity index (χ4v) is 2.62. The second-order valence-corrected chi connectivity index (χ2v) is 5.32. The minimum atomic E-state index is 0.326. The Labute approximate surface area is 137 Å². The van der Waals surface area contributed by atoms with Gasteiger partial charge in [-0.1, -0.05) is 0 Å². The van der Waals surface area contributed by atoms with Gasteiger partial charge < -0.3 is 14.2 Å². The summed E-state index contributed by atoms with van der Waals surface area (Å²) < 4.78 is 17.2. The molecule has 0 unspecified atom stereocenters. The number of pyridine rings is 1. The van der Waals surface area contributed by atoms with Crippen molar-refractivity contribution in [3.8, 4) is 17.4 Å². The zero-order chi connectivity index (χ0) is 15.2. The van der Waals surface area contributed by atoms with Gasteiger partial charge in [-0.2, -0.15) is 0 Å². The van der Waals surface area contributed by atoms with Crippen LogP contribution in [0.15, 0.2) is 34.9 Å². The van der Waals surface area contributed by atoms with Crippen molar-refractivity contribution in [3.05, 3.63) is 46.1 Å². The maximum Gasteiger partial charge on any atom is 0.219 e. The normalized spacial score (nSPS) is 10.3. The minimum absolute atomic E-state index is 0.326. The quantitative estimate of drug-likeness (QED) is 0.713. The fourth-order valence-electron chi connectivity index (χ4n) is 1.86. The molecule has 0 aliphatic heterocycles. The van der Waals surface area contributed by atoms with E-state index in [0.29, 0.717) is 29.9 Å². The Morgan fingerprint density at radius 1 is 1.24 bits per heavy atom. The molecule has 0 bridgehead atoms. The van der Waals surface area contributed by atoms with Crippen molar-refractivity contribution in [2.45, 2.75) is 12.5 Å². The van der Waals surface area contributed by atoms with Crippen molar-refractivity contribution in [2.75, 3.05) is 14.2 Å². The molecule has 21 heavy (non-hydrogen) atoms. The number of aromatic nitrogens is 1. The number of halogens is 2. The van der Waals surface area contributed by atoms with Crippen LogP contribution in [-0.4, -0.2) is 19.2 Å². The van der Waals surface area contributed by atoms with Crippen LogP contribution in [0.2, 0.25) is 0 Å². The molecule has 0 amide bonds. The summed E-state index contributed by atoms with van der Waals surface area (Å²) in [5.41, 5.74) is 1.81. The molecule has 0 aliphatic rings. The molecule has 0 saturated carbocycles. The molecule has 1 heterocycles. The largest absolute Gasteiger partial charge is 0.493 e. The Kier molecular flexibility index (Phi) is 5.70. The number of methoxy groups -OCH3 is 2. The van der Waals surface area contributed by atoms with Crippen molar-refractivity contribution >= 4 is 27.5 Å². The molecule has 6 heteroatoms. The molecule has 2 aromatic rings. The smallest absolute Gasteiger partial charge is 0.219 e. The molecule has 0 saturated heterocycles. The van der Waals surface area contributed by atoms with Crippen molar-refractivity contribution in [1.82, 2.24) is 4.98 Å².